The Morgan fingerprint density at radius 2 is 1.61 bits per heavy atom. The first-order chi connectivity index (χ1) is 10.7. The molecule has 0 aromatic heterocycles. The molecular weight excluding hydrogens is 344 g/mol. The van der Waals surface area contributed by atoms with Crippen molar-refractivity contribution in [1.82, 2.24) is 0 Å². The molecule has 6 nitrogen and oxygen atoms in total. The van der Waals surface area contributed by atoms with E-state index in [0.717, 1.165) is 0 Å². The average Bonchev–Trinajstić information content (AvgIpc) is 2.61. The summed E-state index contributed by atoms with van der Waals surface area (Å²) < 4.78 is 27.0. The zero-order valence-electron chi connectivity index (χ0n) is 12.0. The van der Waals surface area contributed by atoms with Crippen LogP contribution < -0.4 is 0 Å². The van der Waals surface area contributed by atoms with Crippen LogP contribution in [0.1, 0.15) is 17.3 Å². The van der Waals surface area contributed by atoms with E-state index in [9.17, 15) is 9.59 Å². The quantitative estimate of drug-likeness (QED) is 0.322. The van der Waals surface area contributed by atoms with Crippen molar-refractivity contribution in [2.75, 3.05) is 0 Å². The van der Waals surface area contributed by atoms with Gasteiger partial charge in [0.25, 0.3) is 0 Å². The summed E-state index contributed by atoms with van der Waals surface area (Å²) in [6, 6.07) is 8.94. The van der Waals surface area contributed by atoms with Crippen LogP contribution in [0.15, 0.2) is 30.3 Å². The zero-order chi connectivity index (χ0) is 17.8. The number of ether oxygens (including phenoxy) is 1. The molecule has 0 aliphatic rings. The molecule has 1 atom stereocenters. The number of hydrogen-bond donors (Lipinski definition) is 0. The van der Waals surface area contributed by atoms with Gasteiger partial charge in [0.1, 0.15) is 0 Å². The summed E-state index contributed by atoms with van der Waals surface area (Å²) >= 11 is 0. The molecule has 0 saturated heterocycles. The van der Waals surface area contributed by atoms with E-state index >= 15 is 0 Å². The van der Waals surface area contributed by atoms with Crippen LogP contribution >= 0.6 is 0 Å². The first kappa shape index (κ1) is 29.2. The van der Waals surface area contributed by atoms with Crippen LogP contribution in [0.3, 0.4) is 0 Å². The average molecular weight is 356 g/mol. The van der Waals surface area contributed by atoms with Gasteiger partial charge in [-0.15, -0.1) is 0 Å². The number of carbonyl (C=O) groups excluding carboxylic acids is 2. The molecule has 1 rings (SSSR count). The van der Waals surface area contributed by atoms with Gasteiger partial charge < -0.3 is 9.53 Å². The van der Waals surface area contributed by atoms with Crippen LogP contribution in [-0.4, -0.2) is 18.4 Å². The Hall–Kier alpha value is -1.90. The van der Waals surface area contributed by atoms with E-state index < -0.39 is 0 Å². The zero-order valence-corrected chi connectivity index (χ0v) is 13.1. The predicted octanol–water partition coefficient (Wildman–Crippen LogP) is 1.84. The molecule has 1 aromatic carbocycles. The normalized spacial score (nSPS) is 8.48. The predicted molar refractivity (Wildman–Crippen MR) is 71.7 cm³/mol. The summed E-state index contributed by atoms with van der Waals surface area (Å²) in [5.41, 5.74) is 0.627. The molecule has 0 unspecified atom stereocenters. The van der Waals surface area contributed by atoms with Crippen LogP contribution in [0.25, 0.3) is 0 Å². The van der Waals surface area contributed by atoms with Crippen LogP contribution in [0, 0.1) is 39.2 Å². The molecule has 0 saturated carbocycles. The summed E-state index contributed by atoms with van der Waals surface area (Å²) in [5.74, 6) is -0.0841. The third-order valence-electron chi connectivity index (χ3n) is 1.92. The van der Waals surface area contributed by atoms with Crippen LogP contribution in [0.2, 0.25) is 0 Å². The van der Waals surface area contributed by atoms with Gasteiger partial charge in [0, 0.05) is 35.5 Å². The fraction of sp³-hybridized carbons (Fsp3) is 0.125. The molecule has 0 fully saturated rings. The summed E-state index contributed by atoms with van der Waals surface area (Å²) in [5, 5.41) is 0. The maximum absolute atomic E-state index is 11.6. The van der Waals surface area contributed by atoms with Gasteiger partial charge in [-0.25, -0.2) is 0 Å². The molecule has 1 aromatic rings. The number of Topliss-reactive ketones (excluding diaryl/α,β-unsaturated/α-hetero) is 1. The number of rotatable bonds is 7. The Balaban J connectivity index is -0.000000231. The summed E-state index contributed by atoms with van der Waals surface area (Å²) in [7, 11) is 0. The van der Waals surface area contributed by atoms with Crippen molar-refractivity contribution >= 4 is 12.3 Å². The minimum atomic E-state index is -0.377. The number of carbonyl (C=O) groups is 1. The smallest absolute Gasteiger partial charge is 0 e. The summed E-state index contributed by atoms with van der Waals surface area (Å²) in [6.45, 7) is 16.5. The maximum atomic E-state index is 11.6. The molecular formula is C16H12FeO6-. The van der Waals surface area contributed by atoms with E-state index in [2.05, 4.69) is 24.7 Å². The van der Waals surface area contributed by atoms with Crippen molar-refractivity contribution in [1.29, 1.82) is 0 Å². The van der Waals surface area contributed by atoms with Gasteiger partial charge >= 0.3 is 33.9 Å². The molecule has 0 spiro atoms. The standard InChI is InChI=1S/C13H12O3.3CO.Fe/c1-11(16-10-14)6-5-9-13(15)12-7-3-2-4-8-12;3*1-2;/h2-9,11H,1H3;;;;/q-1;;;;/t11-;;;;/m0..../s1. The third-order valence-corrected chi connectivity index (χ3v) is 1.92. The Morgan fingerprint density at radius 3 is 2.04 bits per heavy atom. The largest absolute Gasteiger partial charge is 0 e. The Bertz CT molecular complexity index is 438. The first-order valence-corrected chi connectivity index (χ1v) is 5.49. The van der Waals surface area contributed by atoms with Gasteiger partial charge in [-0.1, -0.05) is 36.8 Å². The van der Waals surface area contributed by atoms with Crippen LogP contribution in [0.5, 0.6) is 0 Å². The summed E-state index contributed by atoms with van der Waals surface area (Å²) in [4.78, 5) is 21.4. The molecule has 0 heterocycles. The molecule has 23 heavy (non-hydrogen) atoms. The Morgan fingerprint density at radius 1 is 1.13 bits per heavy atom. The minimum absolute atomic E-state index is 0. The number of benzene rings is 1. The van der Waals surface area contributed by atoms with E-state index in [1.807, 2.05) is 6.07 Å². The molecule has 3 radical (unpaired) electrons. The van der Waals surface area contributed by atoms with Crippen molar-refractivity contribution < 1.29 is 45.4 Å². The van der Waals surface area contributed by atoms with Gasteiger partial charge in [0.15, 0.2) is 5.78 Å². The van der Waals surface area contributed by atoms with Crippen molar-refractivity contribution in [2.24, 2.45) is 0 Å². The van der Waals surface area contributed by atoms with Crippen LogP contribution in [-0.2, 0) is 40.6 Å². The topological polar surface area (TPSA) is 103 Å². The van der Waals surface area contributed by atoms with E-state index in [0.29, 0.717) is 5.56 Å². The number of hydrogen-bond acceptors (Lipinski definition) is 3. The Labute approximate surface area is 146 Å². The fourth-order valence-corrected chi connectivity index (χ4v) is 1.11. The monoisotopic (exact) mass is 356 g/mol. The number of ketones is 1. The second kappa shape index (κ2) is 25.1. The minimum Gasteiger partial charge on any atom is 0 e. The van der Waals surface area contributed by atoms with Crippen molar-refractivity contribution in [3.63, 3.8) is 0 Å². The van der Waals surface area contributed by atoms with Gasteiger partial charge in [-0.2, -0.15) is 0 Å². The fourth-order valence-electron chi connectivity index (χ4n) is 1.11. The van der Waals surface area contributed by atoms with Crippen molar-refractivity contribution in [3.05, 3.63) is 75.1 Å². The molecule has 0 bridgehead atoms. The SMILES string of the molecule is C[C@@H]([CH][CH][CH]C(=O)c1ccccc1)O[C-]=O.[C-]#[O+].[C-]#[O+].[C-]#[O+].[Fe]. The second-order valence-corrected chi connectivity index (χ2v) is 3.19. The van der Waals surface area contributed by atoms with Gasteiger partial charge in [0.05, 0.1) is 6.10 Å². The van der Waals surface area contributed by atoms with Gasteiger partial charge in [0.2, 0.25) is 0 Å². The van der Waals surface area contributed by atoms with Crippen molar-refractivity contribution in [2.45, 2.75) is 13.0 Å². The van der Waals surface area contributed by atoms with Crippen LogP contribution in [0.4, 0.5) is 0 Å². The van der Waals surface area contributed by atoms with Crippen molar-refractivity contribution in [3.8, 4) is 0 Å². The molecule has 7 heteroatoms. The Kier molecular flexibility index (Phi) is 31.8. The molecule has 0 aliphatic heterocycles. The van der Waals surface area contributed by atoms with E-state index in [-0.39, 0.29) is 29.0 Å². The van der Waals surface area contributed by atoms with Gasteiger partial charge in [-0.05, 0) is 13.3 Å². The van der Waals surface area contributed by atoms with E-state index in [1.54, 1.807) is 44.0 Å². The van der Waals surface area contributed by atoms with Gasteiger partial charge in [-0.3, -0.25) is 4.79 Å². The molecule has 0 aliphatic carbocycles. The molecule has 0 N–H and O–H groups in total. The third kappa shape index (κ3) is 18.0. The molecule has 0 amide bonds. The van der Waals surface area contributed by atoms with E-state index in [4.69, 9.17) is 14.0 Å². The molecule has 121 valence electrons. The maximum Gasteiger partial charge on any atom is 0 e. The first-order valence-electron chi connectivity index (χ1n) is 5.49. The van der Waals surface area contributed by atoms with E-state index in [1.165, 1.54) is 12.9 Å². The second-order valence-electron chi connectivity index (χ2n) is 3.19. The summed E-state index contributed by atoms with van der Waals surface area (Å²) in [6.07, 6.45) is 4.22.